The number of H-pyrrole nitrogens is 2. The molecule has 8 bridgehead atoms. The number of benzene rings is 2. The Kier molecular flexibility index (Phi) is 5.56. The molecular weight excluding hydrogens is 490 g/mol. The van der Waals surface area contributed by atoms with Gasteiger partial charge in [0.2, 0.25) is 0 Å². The van der Waals surface area contributed by atoms with E-state index in [4.69, 9.17) is 15.7 Å². The number of nitrogens with two attached hydrogens (primary N) is 1. The summed E-state index contributed by atoms with van der Waals surface area (Å²) in [5.74, 6) is 0. The number of nitrogens with zero attached hydrogens (tertiary/aromatic N) is 2. The van der Waals surface area contributed by atoms with Gasteiger partial charge < -0.3 is 15.7 Å². The molecule has 0 atom stereocenters. The minimum Gasteiger partial charge on any atom is -0.399 e. The third kappa shape index (κ3) is 4.14. The molecule has 40 heavy (non-hydrogen) atoms. The maximum absolute atomic E-state index is 6.00. The molecule has 2 aliphatic rings. The number of anilines is 1. The van der Waals surface area contributed by atoms with E-state index in [9.17, 15) is 0 Å². The topological polar surface area (TPSA) is 83.4 Å². The Balaban J connectivity index is 1.57. The smallest absolute Gasteiger partial charge is 0.0737 e. The van der Waals surface area contributed by atoms with Crippen LogP contribution in [0.25, 0.3) is 74.7 Å². The molecular formula is C35H27N5. The molecule has 2 aliphatic heterocycles. The van der Waals surface area contributed by atoms with Crippen molar-refractivity contribution in [3.8, 4) is 22.3 Å². The third-order valence-corrected chi connectivity index (χ3v) is 7.47. The van der Waals surface area contributed by atoms with Gasteiger partial charge >= 0.3 is 0 Å². The molecule has 192 valence electrons. The van der Waals surface area contributed by atoms with Gasteiger partial charge in [-0.1, -0.05) is 49.1 Å². The van der Waals surface area contributed by atoms with Gasteiger partial charge in [-0.2, -0.15) is 0 Å². The lowest BCUT2D eigenvalue weighted by Crippen LogP contribution is -1.88. The van der Waals surface area contributed by atoms with Gasteiger partial charge in [0.05, 0.1) is 22.8 Å². The molecule has 0 radical (unpaired) electrons. The van der Waals surface area contributed by atoms with Gasteiger partial charge in [0, 0.05) is 38.9 Å². The van der Waals surface area contributed by atoms with Crippen LogP contribution in [-0.4, -0.2) is 19.9 Å². The SMILES string of the molecule is C=Cc1ccc(-c2c3nc(c(C)c4ccc([nH]4)c(-c4ccc(N)cc4)c4nc(cc5ccc2[nH]5)C=C4)C=C3)cc1. The van der Waals surface area contributed by atoms with Crippen molar-refractivity contribution in [2.45, 2.75) is 6.92 Å². The van der Waals surface area contributed by atoms with E-state index in [1.807, 2.05) is 30.3 Å². The predicted molar refractivity (Wildman–Crippen MR) is 169 cm³/mol. The van der Waals surface area contributed by atoms with Crippen molar-refractivity contribution in [3.05, 3.63) is 119 Å². The maximum Gasteiger partial charge on any atom is 0.0737 e. The highest BCUT2D eigenvalue weighted by molar-refractivity contribution is 5.93. The number of rotatable bonds is 3. The molecule has 2 aromatic carbocycles. The second-order valence-corrected chi connectivity index (χ2v) is 10.1. The second-order valence-electron chi connectivity index (χ2n) is 10.1. The summed E-state index contributed by atoms with van der Waals surface area (Å²) in [6, 6.07) is 26.8. The number of fused-ring (bicyclic) bond motifs is 8. The van der Waals surface area contributed by atoms with E-state index in [-0.39, 0.29) is 0 Å². The zero-order valence-electron chi connectivity index (χ0n) is 22.1. The van der Waals surface area contributed by atoms with E-state index >= 15 is 0 Å². The van der Waals surface area contributed by atoms with Crippen LogP contribution in [0.5, 0.6) is 0 Å². The second kappa shape index (κ2) is 9.40. The molecule has 4 N–H and O–H groups in total. The zero-order chi connectivity index (χ0) is 27.2. The molecule has 5 heteroatoms. The Morgan fingerprint density at radius 1 is 0.650 bits per heavy atom. The fourth-order valence-electron chi connectivity index (χ4n) is 5.33. The van der Waals surface area contributed by atoms with E-state index in [0.717, 1.165) is 83.9 Å². The maximum atomic E-state index is 6.00. The molecule has 0 unspecified atom stereocenters. The van der Waals surface area contributed by atoms with E-state index in [1.54, 1.807) is 0 Å². The molecule has 0 amide bonds. The van der Waals surface area contributed by atoms with Crippen LogP contribution in [0.15, 0.2) is 85.4 Å². The average molecular weight is 518 g/mol. The summed E-state index contributed by atoms with van der Waals surface area (Å²) in [5.41, 5.74) is 20.6. The van der Waals surface area contributed by atoms with Gasteiger partial charge in [-0.15, -0.1) is 0 Å². The third-order valence-electron chi connectivity index (χ3n) is 7.47. The van der Waals surface area contributed by atoms with Crippen molar-refractivity contribution in [1.82, 2.24) is 19.9 Å². The quantitative estimate of drug-likeness (QED) is 0.205. The molecule has 5 aromatic rings. The summed E-state index contributed by atoms with van der Waals surface area (Å²) in [4.78, 5) is 17.4. The highest BCUT2D eigenvalue weighted by Crippen LogP contribution is 2.33. The standard InChI is InChI=1S/C35H27N5/c1-3-22-4-6-23(7-5-22)34-30-14-12-26(37-30)20-27-13-15-31(38-27)35(24-8-10-25(36)11-9-24)33-19-17-29(40-33)21(2)28-16-18-32(34)39-28/h3-20,37,40H,1,36H2,2H3. The molecule has 3 aromatic heterocycles. The molecule has 0 spiro atoms. The largest absolute Gasteiger partial charge is 0.399 e. The van der Waals surface area contributed by atoms with Crippen LogP contribution in [0.3, 0.4) is 0 Å². The summed E-state index contributed by atoms with van der Waals surface area (Å²) in [6.07, 6.45) is 10.2. The number of hydrogen-bond acceptors (Lipinski definition) is 3. The highest BCUT2D eigenvalue weighted by atomic mass is 14.8. The number of aromatic amines is 2. The Bertz CT molecular complexity index is 2020. The molecule has 5 heterocycles. The molecule has 0 fully saturated rings. The lowest BCUT2D eigenvalue weighted by Gasteiger charge is -2.05. The Morgan fingerprint density at radius 2 is 1.25 bits per heavy atom. The first kappa shape index (κ1) is 23.7. The average Bonchev–Trinajstić information content (AvgIpc) is 3.79. The number of nitrogen functional groups attached to an aromatic ring is 1. The van der Waals surface area contributed by atoms with Gasteiger partial charge in [-0.3, -0.25) is 0 Å². The summed E-state index contributed by atoms with van der Waals surface area (Å²) < 4.78 is 0. The van der Waals surface area contributed by atoms with Crippen molar-refractivity contribution in [3.63, 3.8) is 0 Å². The number of nitrogens with one attached hydrogen (secondary N) is 2. The van der Waals surface area contributed by atoms with Gasteiger partial charge in [0.1, 0.15) is 0 Å². The van der Waals surface area contributed by atoms with Gasteiger partial charge in [0.15, 0.2) is 0 Å². The summed E-state index contributed by atoms with van der Waals surface area (Å²) in [5, 5.41) is 0. The molecule has 0 saturated carbocycles. The van der Waals surface area contributed by atoms with Crippen molar-refractivity contribution in [2.75, 3.05) is 5.73 Å². The normalized spacial score (nSPS) is 12.1. The van der Waals surface area contributed by atoms with Crippen molar-refractivity contribution in [1.29, 1.82) is 0 Å². The first-order valence-electron chi connectivity index (χ1n) is 13.2. The minimum atomic E-state index is 0.729. The van der Waals surface area contributed by atoms with E-state index < -0.39 is 0 Å². The minimum absolute atomic E-state index is 0.729. The van der Waals surface area contributed by atoms with Crippen LogP contribution >= 0.6 is 0 Å². The highest BCUT2D eigenvalue weighted by Gasteiger charge is 2.14. The van der Waals surface area contributed by atoms with Crippen LogP contribution in [0, 0.1) is 6.92 Å². The summed E-state index contributed by atoms with van der Waals surface area (Å²) >= 11 is 0. The van der Waals surface area contributed by atoms with E-state index in [1.165, 1.54) is 0 Å². The van der Waals surface area contributed by atoms with Gasteiger partial charge in [-0.25, -0.2) is 9.97 Å². The van der Waals surface area contributed by atoms with Gasteiger partial charge in [0.25, 0.3) is 0 Å². The molecule has 5 nitrogen and oxygen atoms in total. The van der Waals surface area contributed by atoms with Crippen LogP contribution in [0.1, 0.15) is 33.9 Å². The van der Waals surface area contributed by atoms with Crippen LogP contribution in [0.2, 0.25) is 0 Å². The van der Waals surface area contributed by atoms with E-state index in [2.05, 4.69) is 102 Å². The van der Waals surface area contributed by atoms with Crippen molar-refractivity contribution >= 4 is 58.1 Å². The summed E-state index contributed by atoms with van der Waals surface area (Å²) in [6.45, 7) is 6.00. The lowest BCUT2D eigenvalue weighted by molar-refractivity contribution is 1.27. The molecule has 7 rings (SSSR count). The Morgan fingerprint density at radius 3 is 2.00 bits per heavy atom. The van der Waals surface area contributed by atoms with Crippen LogP contribution in [0.4, 0.5) is 5.69 Å². The number of hydrogen-bond donors (Lipinski definition) is 3. The first-order chi connectivity index (χ1) is 19.6. The monoisotopic (exact) mass is 517 g/mol. The van der Waals surface area contributed by atoms with Crippen LogP contribution < -0.4 is 5.73 Å². The van der Waals surface area contributed by atoms with Gasteiger partial charge in [-0.05, 0) is 95.9 Å². The Hall–Kier alpha value is -5.42. The van der Waals surface area contributed by atoms with Crippen LogP contribution in [-0.2, 0) is 0 Å². The van der Waals surface area contributed by atoms with Crippen molar-refractivity contribution < 1.29 is 0 Å². The Labute approximate surface area is 232 Å². The molecule has 0 aliphatic carbocycles. The van der Waals surface area contributed by atoms with Crippen molar-refractivity contribution in [2.24, 2.45) is 0 Å². The summed E-state index contributed by atoms with van der Waals surface area (Å²) in [7, 11) is 0. The van der Waals surface area contributed by atoms with E-state index in [0.29, 0.717) is 0 Å². The number of aryl methyl sites for hydroxylation is 1. The lowest BCUT2D eigenvalue weighted by atomic mass is 10.0. The first-order valence-corrected chi connectivity index (χ1v) is 13.2. The number of aromatic nitrogens is 4. The fourth-order valence-corrected chi connectivity index (χ4v) is 5.33. The predicted octanol–water partition coefficient (Wildman–Crippen LogP) is 8.52. The molecule has 0 saturated heterocycles. The fraction of sp³-hybridized carbons (Fsp3) is 0.0286. The zero-order valence-corrected chi connectivity index (χ0v) is 22.1.